The lowest BCUT2D eigenvalue weighted by molar-refractivity contribution is -0.108. The largest absolute Gasteiger partial charge is 0.452 e. The molecule has 0 fully saturated rings. The van der Waals surface area contributed by atoms with E-state index in [9.17, 15) is 9.59 Å². The molecule has 1 amide bonds. The molecule has 0 aromatic carbocycles. The normalized spacial score (nSPS) is 10.8. The maximum atomic E-state index is 11.0. The van der Waals surface area contributed by atoms with Crippen molar-refractivity contribution in [2.24, 2.45) is 0 Å². The minimum atomic E-state index is -0.516. The Morgan fingerprint density at radius 2 is 2.17 bits per heavy atom. The Balaban J connectivity index is 4.42. The summed E-state index contributed by atoms with van der Waals surface area (Å²) < 4.78 is 4.48. The second-order valence-electron chi connectivity index (χ2n) is 2.18. The molecule has 0 rings (SSSR count). The van der Waals surface area contributed by atoms with Crippen LogP contribution in [0.25, 0.3) is 0 Å². The lowest BCUT2D eigenvalue weighted by atomic mass is 10.4. The molecule has 0 aromatic heterocycles. The van der Waals surface area contributed by atoms with Crippen LogP contribution in [0.4, 0.5) is 4.79 Å². The second kappa shape index (κ2) is 5.35. The van der Waals surface area contributed by atoms with Crippen LogP contribution in [0.5, 0.6) is 0 Å². The Bertz CT molecular complexity index is 198. The van der Waals surface area contributed by atoms with E-state index in [1.807, 2.05) is 0 Å². The molecule has 0 radical (unpaired) electrons. The minimum Gasteiger partial charge on any atom is -0.452 e. The van der Waals surface area contributed by atoms with Crippen molar-refractivity contribution >= 4 is 12.4 Å². The third-order valence-corrected chi connectivity index (χ3v) is 1.50. The van der Waals surface area contributed by atoms with Crippen LogP contribution in [0.1, 0.15) is 13.8 Å². The van der Waals surface area contributed by atoms with Crippen LogP contribution in [0.3, 0.4) is 0 Å². The zero-order chi connectivity index (χ0) is 9.56. The van der Waals surface area contributed by atoms with Crippen LogP contribution in [0, 0.1) is 0 Å². The molecule has 0 aromatic rings. The smallest absolute Gasteiger partial charge is 0.414 e. The first-order valence-corrected chi connectivity index (χ1v) is 3.59. The SMILES string of the molecule is CC=C(C)N(CC=O)C(=O)OC. The molecule has 68 valence electrons. The first-order valence-electron chi connectivity index (χ1n) is 3.59. The van der Waals surface area contributed by atoms with Crippen LogP contribution in [0.15, 0.2) is 11.8 Å². The number of ether oxygens (including phenoxy) is 1. The molecule has 12 heavy (non-hydrogen) atoms. The van der Waals surface area contributed by atoms with Gasteiger partial charge in [-0.05, 0) is 13.8 Å². The Hall–Kier alpha value is -1.32. The predicted octanol–water partition coefficient (Wildman–Crippen LogP) is 1.18. The third kappa shape index (κ3) is 2.74. The van der Waals surface area contributed by atoms with E-state index in [1.165, 1.54) is 12.0 Å². The zero-order valence-electron chi connectivity index (χ0n) is 7.53. The number of methoxy groups -OCH3 is 1. The number of carbonyl (C=O) groups is 2. The summed E-state index contributed by atoms with van der Waals surface area (Å²) in [6, 6.07) is 0. The lowest BCUT2D eigenvalue weighted by Crippen LogP contribution is -2.30. The van der Waals surface area contributed by atoms with Gasteiger partial charge in [0.1, 0.15) is 6.29 Å². The highest BCUT2D eigenvalue weighted by Gasteiger charge is 2.13. The predicted molar refractivity (Wildman–Crippen MR) is 44.6 cm³/mol. The summed E-state index contributed by atoms with van der Waals surface area (Å²) in [4.78, 5) is 22.4. The number of carbonyl (C=O) groups excluding carboxylic acids is 2. The van der Waals surface area contributed by atoms with E-state index < -0.39 is 6.09 Å². The van der Waals surface area contributed by atoms with Crippen molar-refractivity contribution in [2.75, 3.05) is 13.7 Å². The molecule has 4 heteroatoms. The highest BCUT2D eigenvalue weighted by molar-refractivity contribution is 5.73. The van der Waals surface area contributed by atoms with E-state index in [0.29, 0.717) is 12.0 Å². The van der Waals surface area contributed by atoms with Crippen molar-refractivity contribution in [3.8, 4) is 0 Å². The monoisotopic (exact) mass is 171 g/mol. The van der Waals surface area contributed by atoms with Crippen molar-refractivity contribution in [2.45, 2.75) is 13.8 Å². The van der Waals surface area contributed by atoms with Gasteiger partial charge in [0.25, 0.3) is 0 Å². The second-order valence-corrected chi connectivity index (χ2v) is 2.18. The standard InChI is InChI=1S/C8H13NO3/c1-4-7(2)9(5-6-10)8(11)12-3/h4,6H,5H2,1-3H3. The summed E-state index contributed by atoms with van der Waals surface area (Å²) >= 11 is 0. The number of hydrogen-bond donors (Lipinski definition) is 0. The van der Waals surface area contributed by atoms with E-state index in [-0.39, 0.29) is 6.54 Å². The first kappa shape index (κ1) is 10.7. The van der Waals surface area contributed by atoms with Gasteiger partial charge in [-0.3, -0.25) is 4.90 Å². The molecule has 0 saturated heterocycles. The van der Waals surface area contributed by atoms with E-state index in [4.69, 9.17) is 0 Å². The molecule has 0 heterocycles. The molecule has 0 unspecified atom stereocenters. The Morgan fingerprint density at radius 3 is 2.50 bits per heavy atom. The van der Waals surface area contributed by atoms with Gasteiger partial charge in [0, 0.05) is 5.70 Å². The van der Waals surface area contributed by atoms with E-state index in [2.05, 4.69) is 4.74 Å². The molecule has 0 atom stereocenters. The van der Waals surface area contributed by atoms with E-state index in [0.717, 1.165) is 0 Å². The van der Waals surface area contributed by atoms with Gasteiger partial charge in [-0.1, -0.05) is 6.08 Å². The molecule has 0 aliphatic rings. The van der Waals surface area contributed by atoms with Gasteiger partial charge in [0.05, 0.1) is 13.7 Å². The van der Waals surface area contributed by atoms with Crippen molar-refractivity contribution in [3.63, 3.8) is 0 Å². The maximum absolute atomic E-state index is 11.0. The van der Waals surface area contributed by atoms with Crippen LogP contribution in [0.2, 0.25) is 0 Å². The number of rotatable bonds is 3. The van der Waals surface area contributed by atoms with Crippen molar-refractivity contribution < 1.29 is 14.3 Å². The molecule has 0 spiro atoms. The fraction of sp³-hybridized carbons (Fsp3) is 0.500. The average molecular weight is 171 g/mol. The molecular weight excluding hydrogens is 158 g/mol. The van der Waals surface area contributed by atoms with Gasteiger partial charge >= 0.3 is 6.09 Å². The first-order chi connectivity index (χ1) is 5.67. The lowest BCUT2D eigenvalue weighted by Gasteiger charge is -2.18. The summed E-state index contributed by atoms with van der Waals surface area (Å²) in [6.45, 7) is 3.55. The molecule has 0 aliphatic heterocycles. The van der Waals surface area contributed by atoms with Gasteiger partial charge in [-0.25, -0.2) is 4.79 Å². The Labute approximate surface area is 71.8 Å². The number of amides is 1. The van der Waals surface area contributed by atoms with Crippen LogP contribution < -0.4 is 0 Å². The topological polar surface area (TPSA) is 46.6 Å². The van der Waals surface area contributed by atoms with Crippen molar-refractivity contribution in [1.82, 2.24) is 4.90 Å². The number of aldehydes is 1. The van der Waals surface area contributed by atoms with Gasteiger partial charge < -0.3 is 9.53 Å². The summed E-state index contributed by atoms with van der Waals surface area (Å²) in [5, 5.41) is 0. The summed E-state index contributed by atoms with van der Waals surface area (Å²) in [6.07, 6.45) is 1.88. The Kier molecular flexibility index (Phi) is 4.76. The van der Waals surface area contributed by atoms with Gasteiger partial charge in [-0.2, -0.15) is 0 Å². The zero-order valence-corrected chi connectivity index (χ0v) is 7.53. The molecule has 0 bridgehead atoms. The Morgan fingerprint density at radius 1 is 1.58 bits per heavy atom. The van der Waals surface area contributed by atoms with Crippen molar-refractivity contribution in [3.05, 3.63) is 11.8 Å². The van der Waals surface area contributed by atoms with E-state index in [1.54, 1.807) is 19.9 Å². The molecule has 0 saturated carbocycles. The number of hydrogen-bond acceptors (Lipinski definition) is 3. The molecule has 4 nitrogen and oxygen atoms in total. The molecule has 0 N–H and O–H groups in total. The summed E-state index contributed by atoms with van der Waals surface area (Å²) in [7, 11) is 1.28. The van der Waals surface area contributed by atoms with Gasteiger partial charge in [0.2, 0.25) is 0 Å². The van der Waals surface area contributed by atoms with E-state index >= 15 is 0 Å². The molecular formula is C8H13NO3. The fourth-order valence-electron chi connectivity index (χ4n) is 0.703. The summed E-state index contributed by atoms with van der Waals surface area (Å²) in [5.74, 6) is 0. The summed E-state index contributed by atoms with van der Waals surface area (Å²) in [5.41, 5.74) is 0.703. The van der Waals surface area contributed by atoms with Gasteiger partial charge in [0.15, 0.2) is 0 Å². The van der Waals surface area contributed by atoms with Crippen molar-refractivity contribution in [1.29, 1.82) is 0 Å². The number of nitrogens with zero attached hydrogens (tertiary/aromatic N) is 1. The van der Waals surface area contributed by atoms with Crippen LogP contribution in [-0.2, 0) is 9.53 Å². The quantitative estimate of drug-likeness (QED) is 0.599. The average Bonchev–Trinajstić information content (AvgIpc) is 2.11. The van der Waals surface area contributed by atoms with Crippen LogP contribution >= 0.6 is 0 Å². The maximum Gasteiger partial charge on any atom is 0.414 e. The van der Waals surface area contributed by atoms with Crippen LogP contribution in [-0.4, -0.2) is 30.9 Å². The fourth-order valence-corrected chi connectivity index (χ4v) is 0.703. The van der Waals surface area contributed by atoms with Gasteiger partial charge in [-0.15, -0.1) is 0 Å². The highest BCUT2D eigenvalue weighted by atomic mass is 16.5. The minimum absolute atomic E-state index is 0.0306. The highest BCUT2D eigenvalue weighted by Crippen LogP contribution is 2.03. The third-order valence-electron chi connectivity index (χ3n) is 1.50. The number of allylic oxidation sites excluding steroid dienone is 2. The molecule has 0 aliphatic carbocycles.